The van der Waals surface area contributed by atoms with E-state index in [4.69, 9.17) is 17.6 Å². The van der Waals surface area contributed by atoms with Gasteiger partial charge in [0.05, 0.1) is 0 Å². The normalized spacial score (nSPS) is 11.6. The van der Waals surface area contributed by atoms with Crippen molar-refractivity contribution in [3.8, 4) is 52.7 Å². The van der Waals surface area contributed by atoms with E-state index in [2.05, 4.69) is 24.1 Å². The van der Waals surface area contributed by atoms with Crippen LogP contribution in [0.2, 0.25) is 0 Å². The Hall–Kier alpha value is -4.68. The Morgan fingerprint density at radius 2 is 1.40 bits per heavy atom. The Morgan fingerprint density at radius 1 is 0.905 bits per heavy atom. The molecule has 0 aliphatic heterocycles. The first-order chi connectivity index (χ1) is 20.0. The van der Waals surface area contributed by atoms with Gasteiger partial charge in [0.1, 0.15) is 17.4 Å². The molecule has 0 heterocycles. The summed E-state index contributed by atoms with van der Waals surface area (Å²) >= 11 is 0. The summed E-state index contributed by atoms with van der Waals surface area (Å²) < 4.78 is 5.53. The molecule has 6 heteroatoms. The summed E-state index contributed by atoms with van der Waals surface area (Å²) in [5.41, 5.74) is 3.51. The van der Waals surface area contributed by atoms with Crippen molar-refractivity contribution in [1.29, 1.82) is 0 Å². The van der Waals surface area contributed by atoms with Gasteiger partial charge in [0.15, 0.2) is 0 Å². The summed E-state index contributed by atoms with van der Waals surface area (Å²) in [6.45, 7) is 7.97. The minimum atomic E-state index is -1.07. The molecule has 0 aliphatic rings. The van der Waals surface area contributed by atoms with Gasteiger partial charge in [0, 0.05) is 35.8 Å². The van der Waals surface area contributed by atoms with Crippen molar-refractivity contribution < 1.29 is 19.4 Å². The van der Waals surface area contributed by atoms with Crippen LogP contribution in [-0.4, -0.2) is 41.2 Å². The summed E-state index contributed by atoms with van der Waals surface area (Å²) in [5, 5.41) is 14.3. The van der Waals surface area contributed by atoms with Crippen LogP contribution in [0.5, 0.6) is 5.75 Å². The number of hydrogen-bond acceptors (Lipinski definition) is 4. The van der Waals surface area contributed by atoms with E-state index in [0.29, 0.717) is 45.5 Å². The zero-order valence-electron chi connectivity index (χ0n) is 25.2. The van der Waals surface area contributed by atoms with Gasteiger partial charge in [-0.15, -0.1) is 12.8 Å². The number of nitrogens with one attached hydrogen (secondary N) is 1. The molecule has 1 unspecified atom stereocenters. The van der Waals surface area contributed by atoms with Gasteiger partial charge in [0.2, 0.25) is 5.91 Å². The van der Waals surface area contributed by atoms with Crippen LogP contribution in [-0.2, 0) is 9.53 Å². The number of alkyl carbamates (subject to hydrolysis) is 1. The highest BCUT2D eigenvalue weighted by Gasteiger charge is 2.30. The molecule has 3 aromatic rings. The second-order valence-corrected chi connectivity index (χ2v) is 11.3. The molecule has 218 valence electrons. The van der Waals surface area contributed by atoms with E-state index in [-0.39, 0.29) is 11.7 Å². The number of likely N-dealkylation sites (N-methyl/N-ethyl adjacent to an activating group) is 1. The molecule has 0 radical (unpaired) electrons. The van der Waals surface area contributed by atoms with Crippen LogP contribution in [0.4, 0.5) is 4.79 Å². The van der Waals surface area contributed by atoms with E-state index in [9.17, 15) is 14.7 Å². The molecule has 0 spiro atoms. The SMILES string of the molecule is C#Cc1ccc(-c2cc(C(NC(=O)OC(C)(C)C)C(=O)N(C)CCCCCC)cc(-c3ccc(C#C)cc3)c2O)cc1. The highest BCUT2D eigenvalue weighted by molar-refractivity contribution is 5.90. The fraction of sp³-hybridized carbons (Fsp3) is 0.333. The summed E-state index contributed by atoms with van der Waals surface area (Å²) in [6, 6.07) is 16.8. The van der Waals surface area contributed by atoms with E-state index in [0.717, 1.165) is 25.7 Å². The molecule has 0 saturated heterocycles. The van der Waals surface area contributed by atoms with Crippen molar-refractivity contribution in [2.24, 2.45) is 0 Å². The number of carbonyl (C=O) groups excluding carboxylic acids is 2. The largest absolute Gasteiger partial charge is 0.507 e. The lowest BCUT2D eigenvalue weighted by molar-refractivity contribution is -0.132. The smallest absolute Gasteiger partial charge is 0.408 e. The van der Waals surface area contributed by atoms with Crippen molar-refractivity contribution in [1.82, 2.24) is 10.2 Å². The molecule has 2 amide bonds. The van der Waals surface area contributed by atoms with E-state index < -0.39 is 17.7 Å². The van der Waals surface area contributed by atoms with Crippen LogP contribution < -0.4 is 5.32 Å². The van der Waals surface area contributed by atoms with E-state index >= 15 is 0 Å². The Kier molecular flexibility index (Phi) is 10.8. The Morgan fingerprint density at radius 3 is 1.83 bits per heavy atom. The molecule has 0 saturated carbocycles. The van der Waals surface area contributed by atoms with Gasteiger partial charge < -0.3 is 20.1 Å². The summed E-state index contributed by atoms with van der Waals surface area (Å²) in [5.74, 6) is 4.94. The predicted molar refractivity (Wildman–Crippen MR) is 169 cm³/mol. The molecule has 0 fully saturated rings. The lowest BCUT2D eigenvalue weighted by Crippen LogP contribution is -2.43. The number of rotatable bonds is 10. The quantitative estimate of drug-likeness (QED) is 0.200. The van der Waals surface area contributed by atoms with Crippen LogP contribution in [0.1, 0.15) is 76.1 Å². The van der Waals surface area contributed by atoms with Crippen LogP contribution in [0, 0.1) is 24.7 Å². The average Bonchev–Trinajstić information content (AvgIpc) is 2.97. The third-order valence-corrected chi connectivity index (χ3v) is 6.82. The number of ether oxygens (including phenoxy) is 1. The molecular weight excluding hydrogens is 524 g/mol. The fourth-order valence-electron chi connectivity index (χ4n) is 4.57. The van der Waals surface area contributed by atoms with Crippen molar-refractivity contribution >= 4 is 12.0 Å². The lowest BCUT2D eigenvalue weighted by Gasteiger charge is -2.28. The summed E-state index contributed by atoms with van der Waals surface area (Å²) in [4.78, 5) is 28.5. The Labute approximate surface area is 250 Å². The average molecular weight is 565 g/mol. The zero-order chi connectivity index (χ0) is 30.9. The molecule has 3 aromatic carbocycles. The van der Waals surface area contributed by atoms with Crippen molar-refractivity contribution in [2.45, 2.75) is 65.0 Å². The second kappa shape index (κ2) is 14.3. The lowest BCUT2D eigenvalue weighted by atomic mass is 9.91. The van der Waals surface area contributed by atoms with Crippen LogP contribution in [0.25, 0.3) is 22.3 Å². The highest BCUT2D eigenvalue weighted by Crippen LogP contribution is 2.41. The minimum absolute atomic E-state index is 0.0250. The first-order valence-electron chi connectivity index (χ1n) is 14.2. The van der Waals surface area contributed by atoms with Crippen molar-refractivity contribution in [2.75, 3.05) is 13.6 Å². The first-order valence-corrected chi connectivity index (χ1v) is 14.2. The maximum absolute atomic E-state index is 13.9. The van der Waals surface area contributed by atoms with Gasteiger partial charge >= 0.3 is 6.09 Å². The topological polar surface area (TPSA) is 78.9 Å². The molecule has 1 atom stereocenters. The van der Waals surface area contributed by atoms with E-state index in [1.165, 1.54) is 0 Å². The monoisotopic (exact) mass is 564 g/mol. The molecule has 0 bridgehead atoms. The molecule has 6 nitrogen and oxygen atoms in total. The number of phenols is 1. The number of amides is 2. The molecule has 42 heavy (non-hydrogen) atoms. The van der Waals surface area contributed by atoms with Crippen molar-refractivity contribution in [3.05, 3.63) is 77.4 Å². The Balaban J connectivity index is 2.17. The number of carbonyl (C=O) groups is 2. The second-order valence-electron chi connectivity index (χ2n) is 11.3. The maximum Gasteiger partial charge on any atom is 0.408 e. The van der Waals surface area contributed by atoms with Gasteiger partial charge in [-0.25, -0.2) is 4.79 Å². The van der Waals surface area contributed by atoms with Crippen LogP contribution >= 0.6 is 0 Å². The standard InChI is InChI=1S/C36H40N2O4/c1-8-11-12-13-22-38(7)34(40)32(37-35(41)42-36(4,5)6)29-23-30(27-18-14-25(9-2)15-19-27)33(39)31(24-29)28-20-16-26(10-3)17-21-28/h2-3,14-21,23-24,32,39H,8,11-13,22H2,1,4-7H3,(H,37,41). The van der Waals surface area contributed by atoms with Gasteiger partial charge in [-0.1, -0.05) is 62.3 Å². The third-order valence-electron chi connectivity index (χ3n) is 6.82. The number of aromatic hydroxyl groups is 1. The predicted octanol–water partition coefficient (Wildman–Crippen LogP) is 7.29. The van der Waals surface area contributed by atoms with Crippen LogP contribution in [0.3, 0.4) is 0 Å². The van der Waals surface area contributed by atoms with E-state index in [1.807, 2.05) is 24.3 Å². The summed E-state index contributed by atoms with van der Waals surface area (Å²) in [7, 11) is 1.73. The van der Waals surface area contributed by atoms with Gasteiger partial charge in [-0.3, -0.25) is 4.79 Å². The van der Waals surface area contributed by atoms with Crippen LogP contribution in [0.15, 0.2) is 60.7 Å². The number of hydrogen-bond donors (Lipinski definition) is 2. The first kappa shape index (κ1) is 31.8. The molecule has 3 rings (SSSR count). The molecule has 0 aromatic heterocycles. The third kappa shape index (κ3) is 8.41. The van der Waals surface area contributed by atoms with Gasteiger partial charge in [-0.05, 0) is 80.3 Å². The molecule has 2 N–H and O–H groups in total. The number of phenolic OH excluding ortho intramolecular Hbond substituents is 1. The zero-order valence-corrected chi connectivity index (χ0v) is 25.2. The highest BCUT2D eigenvalue weighted by atomic mass is 16.6. The van der Waals surface area contributed by atoms with Crippen molar-refractivity contribution in [3.63, 3.8) is 0 Å². The fourth-order valence-corrected chi connectivity index (χ4v) is 4.57. The Bertz CT molecular complexity index is 1390. The number of nitrogens with zero attached hydrogens (tertiary/aromatic N) is 1. The van der Waals surface area contributed by atoms with Gasteiger partial charge in [0.25, 0.3) is 0 Å². The number of benzene rings is 3. The number of terminal acetylenes is 2. The summed E-state index contributed by atoms with van der Waals surface area (Å²) in [6.07, 6.45) is 14.4. The van der Waals surface area contributed by atoms with E-state index in [1.54, 1.807) is 69.1 Å². The maximum atomic E-state index is 13.9. The van der Waals surface area contributed by atoms with Gasteiger partial charge in [-0.2, -0.15) is 0 Å². The number of unbranched alkanes of at least 4 members (excludes halogenated alkanes) is 3. The minimum Gasteiger partial charge on any atom is -0.507 e. The molecular formula is C36H40N2O4. The molecule has 0 aliphatic carbocycles.